The van der Waals surface area contributed by atoms with Gasteiger partial charge in [0.15, 0.2) is 17.4 Å². The minimum absolute atomic E-state index is 0.00511. The van der Waals surface area contributed by atoms with Crippen molar-refractivity contribution < 1.29 is 14.6 Å². The number of rotatable bonds is 8. The molecule has 7 nitrogen and oxygen atoms in total. The Morgan fingerprint density at radius 1 is 1.30 bits per heavy atom. The quantitative estimate of drug-likeness (QED) is 0.444. The number of morpholine rings is 1. The van der Waals surface area contributed by atoms with E-state index in [0.29, 0.717) is 30.9 Å². The highest BCUT2D eigenvalue weighted by molar-refractivity contribution is 5.99. The number of nitrogens with zero attached hydrogens (tertiary/aromatic N) is 2. The molecular formula is C26H32N4O3. The maximum atomic E-state index is 12.6. The summed E-state index contributed by atoms with van der Waals surface area (Å²) in [7, 11) is 0. The standard InChI is InChI=1S/C26H32N4O3/c1-16-15-33-25(19-11-24(32)26(27)28-12-19)14-30(16)13-20-9-17(20)6-4-8-23(31)22-10-18-5-2-3-7-21(18)29-22/h2-3,5,7,10-12,16-17,20,25,29,32H,4,6,8-9,13-15H2,1H3,(H2,27,28)/t16-,17?,20?,25+/m0/s1. The Bertz CT molecular complexity index is 1110. The van der Waals surface area contributed by atoms with Gasteiger partial charge in [-0.15, -0.1) is 0 Å². The van der Waals surface area contributed by atoms with E-state index in [9.17, 15) is 9.90 Å². The van der Waals surface area contributed by atoms with E-state index in [1.54, 1.807) is 12.3 Å². The number of aromatic nitrogens is 2. The number of nitrogens with two attached hydrogens (primary N) is 1. The number of hydrogen-bond acceptors (Lipinski definition) is 6. The van der Waals surface area contributed by atoms with E-state index in [-0.39, 0.29) is 23.5 Å². The van der Waals surface area contributed by atoms with Crippen LogP contribution in [0.25, 0.3) is 10.9 Å². The van der Waals surface area contributed by atoms with E-state index < -0.39 is 0 Å². The van der Waals surface area contributed by atoms with Crippen molar-refractivity contribution in [1.29, 1.82) is 0 Å². The smallest absolute Gasteiger partial charge is 0.179 e. The molecule has 174 valence electrons. The summed E-state index contributed by atoms with van der Waals surface area (Å²) in [5, 5.41) is 11.0. The number of pyridine rings is 1. The minimum Gasteiger partial charge on any atom is -0.504 e. The molecular weight excluding hydrogens is 416 g/mol. The molecule has 4 N–H and O–H groups in total. The minimum atomic E-state index is -0.105. The number of nitrogen functional groups attached to an aromatic ring is 1. The molecule has 7 heteroatoms. The Morgan fingerprint density at radius 3 is 2.97 bits per heavy atom. The molecule has 5 rings (SSSR count). The lowest BCUT2D eigenvalue weighted by molar-refractivity contribution is -0.0620. The first-order valence-corrected chi connectivity index (χ1v) is 11.9. The van der Waals surface area contributed by atoms with Gasteiger partial charge in [-0.05, 0) is 56.2 Å². The van der Waals surface area contributed by atoms with Crippen LogP contribution < -0.4 is 5.73 Å². The number of H-pyrrole nitrogens is 1. The van der Waals surface area contributed by atoms with Crippen molar-refractivity contribution in [2.75, 3.05) is 25.4 Å². The van der Waals surface area contributed by atoms with Gasteiger partial charge in [-0.1, -0.05) is 18.2 Å². The second kappa shape index (κ2) is 9.15. The second-order valence-corrected chi connectivity index (χ2v) is 9.64. The van der Waals surface area contributed by atoms with Crippen LogP contribution in [0.5, 0.6) is 5.75 Å². The molecule has 1 saturated heterocycles. The predicted molar refractivity (Wildman–Crippen MR) is 128 cm³/mol. The Kier molecular flexibility index (Phi) is 6.08. The summed E-state index contributed by atoms with van der Waals surface area (Å²) < 4.78 is 6.01. The number of anilines is 1. The number of fused-ring (bicyclic) bond motifs is 1. The van der Waals surface area contributed by atoms with E-state index in [1.807, 2.05) is 30.3 Å². The van der Waals surface area contributed by atoms with Gasteiger partial charge in [-0.25, -0.2) is 4.98 Å². The van der Waals surface area contributed by atoms with Crippen LogP contribution in [-0.4, -0.2) is 51.5 Å². The Morgan fingerprint density at radius 2 is 2.15 bits per heavy atom. The first-order valence-electron chi connectivity index (χ1n) is 11.9. The molecule has 4 atom stereocenters. The van der Waals surface area contributed by atoms with Gasteiger partial charge < -0.3 is 20.6 Å². The number of para-hydroxylation sites is 1. The lowest BCUT2D eigenvalue weighted by Crippen LogP contribution is -2.46. The van der Waals surface area contributed by atoms with Crippen LogP contribution >= 0.6 is 0 Å². The number of carbonyl (C=O) groups excluding carboxylic acids is 1. The van der Waals surface area contributed by atoms with E-state index in [0.717, 1.165) is 48.1 Å². The van der Waals surface area contributed by atoms with Crippen molar-refractivity contribution in [2.45, 2.75) is 44.8 Å². The highest BCUT2D eigenvalue weighted by atomic mass is 16.5. The molecule has 2 aromatic heterocycles. The lowest BCUT2D eigenvalue weighted by atomic mass is 10.1. The molecule has 2 aliphatic rings. The number of aromatic amines is 1. The third-order valence-electron chi connectivity index (χ3n) is 7.20. The van der Waals surface area contributed by atoms with E-state index in [4.69, 9.17) is 10.5 Å². The molecule has 1 aromatic carbocycles. The Hall–Kier alpha value is -2.90. The maximum absolute atomic E-state index is 12.6. The molecule has 1 saturated carbocycles. The monoisotopic (exact) mass is 448 g/mol. The summed E-state index contributed by atoms with van der Waals surface area (Å²) in [5.74, 6) is 1.74. The highest BCUT2D eigenvalue weighted by Gasteiger charge is 2.40. The van der Waals surface area contributed by atoms with Crippen LogP contribution in [0, 0.1) is 11.8 Å². The van der Waals surface area contributed by atoms with Crippen molar-refractivity contribution in [2.24, 2.45) is 11.8 Å². The van der Waals surface area contributed by atoms with E-state index in [2.05, 4.69) is 21.8 Å². The topological polar surface area (TPSA) is 104 Å². The van der Waals surface area contributed by atoms with Gasteiger partial charge in [0.2, 0.25) is 0 Å². The van der Waals surface area contributed by atoms with Crippen LogP contribution in [0.1, 0.15) is 54.8 Å². The van der Waals surface area contributed by atoms with Gasteiger partial charge in [-0.3, -0.25) is 9.69 Å². The van der Waals surface area contributed by atoms with Crippen molar-refractivity contribution in [3.63, 3.8) is 0 Å². The predicted octanol–water partition coefficient (Wildman–Crippen LogP) is 4.30. The number of hydrogen-bond donors (Lipinski definition) is 3. The van der Waals surface area contributed by atoms with Crippen LogP contribution in [0.3, 0.4) is 0 Å². The number of benzene rings is 1. The van der Waals surface area contributed by atoms with Gasteiger partial charge in [0.1, 0.15) is 0 Å². The van der Waals surface area contributed by atoms with Gasteiger partial charge >= 0.3 is 0 Å². The summed E-state index contributed by atoms with van der Waals surface area (Å²) in [6, 6.07) is 12.0. The summed E-state index contributed by atoms with van der Waals surface area (Å²) in [6.07, 6.45) is 5.46. The molecule has 1 aliphatic heterocycles. The molecule has 0 bridgehead atoms. The molecule has 2 fully saturated rings. The SMILES string of the molecule is C[C@H]1CO[C@@H](c2cnc(N)c(O)c2)CN1CC1CC1CCCC(=O)c1cc2ccccc2[nH]1. The van der Waals surface area contributed by atoms with Gasteiger partial charge in [0.25, 0.3) is 0 Å². The number of carbonyl (C=O) groups is 1. The Balaban J connectivity index is 1.08. The number of ketones is 1. The molecule has 1 aliphatic carbocycles. The van der Waals surface area contributed by atoms with Gasteiger partial charge in [0.05, 0.1) is 18.4 Å². The average molecular weight is 449 g/mol. The Labute approximate surface area is 194 Å². The molecule has 0 radical (unpaired) electrons. The fraction of sp³-hybridized carbons (Fsp3) is 0.462. The molecule has 0 amide bonds. The van der Waals surface area contributed by atoms with Crippen LogP contribution in [0.15, 0.2) is 42.6 Å². The maximum Gasteiger partial charge on any atom is 0.179 e. The molecule has 3 heterocycles. The zero-order chi connectivity index (χ0) is 22.9. The van der Waals surface area contributed by atoms with Crippen LogP contribution in [0.2, 0.25) is 0 Å². The van der Waals surface area contributed by atoms with E-state index >= 15 is 0 Å². The summed E-state index contributed by atoms with van der Waals surface area (Å²) in [5.41, 5.74) is 8.24. The largest absolute Gasteiger partial charge is 0.504 e. The fourth-order valence-corrected chi connectivity index (χ4v) is 4.99. The van der Waals surface area contributed by atoms with Crippen molar-refractivity contribution >= 4 is 22.5 Å². The van der Waals surface area contributed by atoms with Crippen molar-refractivity contribution in [3.05, 3.63) is 53.9 Å². The van der Waals surface area contributed by atoms with Crippen molar-refractivity contribution in [1.82, 2.24) is 14.9 Å². The molecule has 33 heavy (non-hydrogen) atoms. The third kappa shape index (κ3) is 4.89. The second-order valence-electron chi connectivity index (χ2n) is 9.64. The fourth-order valence-electron chi connectivity index (χ4n) is 4.99. The molecule has 0 spiro atoms. The average Bonchev–Trinajstić information content (AvgIpc) is 3.39. The highest BCUT2D eigenvalue weighted by Crippen LogP contribution is 2.44. The number of aromatic hydroxyl groups is 1. The summed E-state index contributed by atoms with van der Waals surface area (Å²) >= 11 is 0. The van der Waals surface area contributed by atoms with Crippen molar-refractivity contribution in [3.8, 4) is 5.75 Å². The van der Waals surface area contributed by atoms with Gasteiger partial charge in [-0.2, -0.15) is 0 Å². The number of Topliss-reactive ketones (excluding diaryl/α,β-unsaturated/α-hetero) is 1. The normalized spacial score (nSPS) is 25.4. The summed E-state index contributed by atoms with van der Waals surface area (Å²) in [6.45, 7) is 4.70. The zero-order valence-corrected chi connectivity index (χ0v) is 19.0. The first-order chi connectivity index (χ1) is 16.0. The summed E-state index contributed by atoms with van der Waals surface area (Å²) in [4.78, 5) is 22.4. The first kappa shape index (κ1) is 21.9. The van der Waals surface area contributed by atoms with Crippen LogP contribution in [-0.2, 0) is 4.74 Å². The zero-order valence-electron chi connectivity index (χ0n) is 19.0. The number of ether oxygens (including phenoxy) is 1. The third-order valence-corrected chi connectivity index (χ3v) is 7.20. The number of nitrogens with one attached hydrogen (secondary N) is 1. The molecule has 2 unspecified atom stereocenters. The van der Waals surface area contributed by atoms with Crippen LogP contribution in [0.4, 0.5) is 5.82 Å². The lowest BCUT2D eigenvalue weighted by Gasteiger charge is -2.38. The van der Waals surface area contributed by atoms with E-state index in [1.165, 1.54) is 6.42 Å². The molecule has 3 aromatic rings. The van der Waals surface area contributed by atoms with Gasteiger partial charge in [0, 0.05) is 48.2 Å².